The average Bonchev–Trinajstić information content (AvgIpc) is 2.60. The van der Waals surface area contributed by atoms with Gasteiger partial charge in [0.25, 0.3) is 0 Å². The fraction of sp³-hybridized carbons (Fsp3) is 0.417. The molecule has 0 saturated heterocycles. The normalized spacial score (nSPS) is 18.7. The van der Waals surface area contributed by atoms with Crippen molar-refractivity contribution in [2.24, 2.45) is 0 Å². The third kappa shape index (κ3) is 1.51. The van der Waals surface area contributed by atoms with Crippen molar-refractivity contribution < 1.29 is 0 Å². The molecule has 15 heavy (non-hydrogen) atoms. The van der Waals surface area contributed by atoms with E-state index in [0.717, 1.165) is 5.52 Å². The molecule has 78 valence electrons. The maximum atomic E-state index is 4.44. The molecule has 1 aliphatic rings. The van der Waals surface area contributed by atoms with Crippen molar-refractivity contribution in [2.45, 2.75) is 31.7 Å². The highest BCUT2D eigenvalue weighted by Crippen LogP contribution is 2.38. The summed E-state index contributed by atoms with van der Waals surface area (Å²) < 4.78 is 4.44. The summed E-state index contributed by atoms with van der Waals surface area (Å²) in [5, 5.41) is 6.12. The van der Waals surface area contributed by atoms with Crippen LogP contribution < -0.4 is 5.32 Å². The van der Waals surface area contributed by atoms with E-state index >= 15 is 0 Å². The number of anilines is 1. The van der Waals surface area contributed by atoms with Gasteiger partial charge in [-0.15, -0.1) is 0 Å². The monoisotopic (exact) mass is 218 g/mol. The van der Waals surface area contributed by atoms with Gasteiger partial charge < -0.3 is 5.32 Å². The van der Waals surface area contributed by atoms with E-state index in [1.807, 2.05) is 6.07 Å². The lowest BCUT2D eigenvalue weighted by Crippen LogP contribution is -2.41. The molecule has 0 amide bonds. The molecule has 1 heterocycles. The summed E-state index contributed by atoms with van der Waals surface area (Å²) in [5.41, 5.74) is 1.42. The fourth-order valence-corrected chi connectivity index (χ4v) is 3.00. The van der Waals surface area contributed by atoms with Crippen LogP contribution in [0.5, 0.6) is 0 Å². The molecule has 1 aromatic heterocycles. The van der Waals surface area contributed by atoms with Crippen molar-refractivity contribution in [3.8, 4) is 0 Å². The van der Waals surface area contributed by atoms with Gasteiger partial charge in [0.05, 0.1) is 5.52 Å². The SMILES string of the molecule is CC1(Nc2snc3ccccc23)CCC1. The van der Waals surface area contributed by atoms with Crippen LogP contribution in [-0.4, -0.2) is 9.91 Å². The Morgan fingerprint density at radius 2 is 2.13 bits per heavy atom. The smallest absolute Gasteiger partial charge is 0.117 e. The molecule has 2 nitrogen and oxygen atoms in total. The predicted molar refractivity (Wildman–Crippen MR) is 65.5 cm³/mol. The van der Waals surface area contributed by atoms with Crippen LogP contribution in [0.2, 0.25) is 0 Å². The zero-order chi connectivity index (χ0) is 10.3. The molecule has 3 heteroatoms. The van der Waals surface area contributed by atoms with Gasteiger partial charge in [-0.2, -0.15) is 4.37 Å². The average molecular weight is 218 g/mol. The lowest BCUT2D eigenvalue weighted by atomic mass is 9.78. The molecular weight excluding hydrogens is 204 g/mol. The molecule has 0 spiro atoms. The van der Waals surface area contributed by atoms with Crippen molar-refractivity contribution in [2.75, 3.05) is 5.32 Å². The Morgan fingerprint density at radius 3 is 2.87 bits per heavy atom. The summed E-state index contributed by atoms with van der Waals surface area (Å²) in [6.07, 6.45) is 3.90. The van der Waals surface area contributed by atoms with Crippen LogP contribution in [0, 0.1) is 0 Å². The first-order valence-corrected chi connectivity index (χ1v) is 6.17. The molecule has 2 aromatic rings. The van der Waals surface area contributed by atoms with Crippen LogP contribution in [0.25, 0.3) is 10.9 Å². The summed E-state index contributed by atoms with van der Waals surface area (Å²) >= 11 is 1.58. The van der Waals surface area contributed by atoms with E-state index in [4.69, 9.17) is 0 Å². The summed E-state index contributed by atoms with van der Waals surface area (Å²) in [6.45, 7) is 2.30. The molecule has 1 fully saturated rings. The Balaban J connectivity index is 1.97. The second kappa shape index (κ2) is 3.20. The predicted octanol–water partition coefficient (Wildman–Crippen LogP) is 3.65. The van der Waals surface area contributed by atoms with Crippen LogP contribution in [0.3, 0.4) is 0 Å². The Bertz CT molecular complexity index is 485. The molecule has 3 rings (SSSR count). The number of benzene rings is 1. The highest BCUT2D eigenvalue weighted by molar-refractivity contribution is 7.11. The summed E-state index contributed by atoms with van der Waals surface area (Å²) in [7, 11) is 0. The van der Waals surface area contributed by atoms with E-state index in [-0.39, 0.29) is 0 Å². The third-order valence-corrected chi connectivity index (χ3v) is 4.05. The molecule has 1 N–H and O–H groups in total. The number of nitrogens with zero attached hydrogens (tertiary/aromatic N) is 1. The lowest BCUT2D eigenvalue weighted by Gasteiger charge is -2.39. The Kier molecular flexibility index (Phi) is 1.96. The molecule has 1 saturated carbocycles. The molecular formula is C12H14N2S. The maximum Gasteiger partial charge on any atom is 0.117 e. The zero-order valence-corrected chi connectivity index (χ0v) is 9.60. The van der Waals surface area contributed by atoms with Gasteiger partial charge in [0.1, 0.15) is 5.00 Å². The second-order valence-electron chi connectivity index (χ2n) is 4.57. The molecule has 1 aromatic carbocycles. The minimum Gasteiger partial charge on any atom is -0.370 e. The Hall–Kier alpha value is -1.09. The van der Waals surface area contributed by atoms with Gasteiger partial charge in [0.15, 0.2) is 0 Å². The first kappa shape index (κ1) is 9.16. The van der Waals surface area contributed by atoms with Gasteiger partial charge in [-0.05, 0) is 49.9 Å². The van der Waals surface area contributed by atoms with Gasteiger partial charge in [-0.3, -0.25) is 0 Å². The van der Waals surface area contributed by atoms with Gasteiger partial charge in [-0.25, -0.2) is 0 Å². The van der Waals surface area contributed by atoms with Crippen molar-refractivity contribution in [1.29, 1.82) is 0 Å². The van der Waals surface area contributed by atoms with E-state index in [0.29, 0.717) is 5.54 Å². The second-order valence-corrected chi connectivity index (χ2v) is 5.34. The number of aromatic nitrogens is 1. The van der Waals surface area contributed by atoms with Crippen LogP contribution in [0.15, 0.2) is 24.3 Å². The fourth-order valence-electron chi connectivity index (χ4n) is 2.09. The van der Waals surface area contributed by atoms with Crippen LogP contribution in [0.1, 0.15) is 26.2 Å². The minimum absolute atomic E-state index is 0.315. The number of rotatable bonds is 2. The van der Waals surface area contributed by atoms with Gasteiger partial charge in [0.2, 0.25) is 0 Å². The van der Waals surface area contributed by atoms with E-state index < -0.39 is 0 Å². The van der Waals surface area contributed by atoms with E-state index in [1.165, 1.54) is 29.6 Å². The minimum atomic E-state index is 0.315. The van der Waals surface area contributed by atoms with Crippen molar-refractivity contribution in [3.05, 3.63) is 24.3 Å². The van der Waals surface area contributed by atoms with Gasteiger partial charge in [0, 0.05) is 10.9 Å². The molecule has 0 unspecified atom stereocenters. The highest BCUT2D eigenvalue weighted by Gasteiger charge is 2.32. The number of fused-ring (bicyclic) bond motifs is 1. The third-order valence-electron chi connectivity index (χ3n) is 3.26. The first-order chi connectivity index (χ1) is 7.27. The lowest BCUT2D eigenvalue weighted by molar-refractivity contribution is 0.307. The summed E-state index contributed by atoms with van der Waals surface area (Å²) in [6, 6.07) is 8.32. The molecule has 0 radical (unpaired) electrons. The Labute approximate surface area is 93.5 Å². The van der Waals surface area contributed by atoms with Crippen molar-refractivity contribution in [3.63, 3.8) is 0 Å². The topological polar surface area (TPSA) is 24.9 Å². The Morgan fingerprint density at radius 1 is 1.33 bits per heavy atom. The van der Waals surface area contributed by atoms with Crippen molar-refractivity contribution in [1.82, 2.24) is 4.37 Å². The summed E-state index contributed by atoms with van der Waals surface area (Å²) in [5.74, 6) is 0. The molecule has 0 atom stereocenters. The molecule has 0 aliphatic heterocycles. The largest absolute Gasteiger partial charge is 0.370 e. The van der Waals surface area contributed by atoms with Crippen LogP contribution >= 0.6 is 11.5 Å². The highest BCUT2D eigenvalue weighted by atomic mass is 32.1. The summed E-state index contributed by atoms with van der Waals surface area (Å²) in [4.78, 5) is 0. The van der Waals surface area contributed by atoms with E-state index in [9.17, 15) is 0 Å². The van der Waals surface area contributed by atoms with Crippen LogP contribution in [0.4, 0.5) is 5.00 Å². The van der Waals surface area contributed by atoms with Crippen molar-refractivity contribution >= 4 is 27.4 Å². The standard InChI is InChI=1S/C12H14N2S/c1-12(7-4-8-12)13-11-9-5-2-3-6-10(9)14-15-11/h2-3,5-6,13H,4,7-8H2,1H3. The van der Waals surface area contributed by atoms with Crippen LogP contribution in [-0.2, 0) is 0 Å². The van der Waals surface area contributed by atoms with Gasteiger partial charge in [-0.1, -0.05) is 12.1 Å². The van der Waals surface area contributed by atoms with E-state index in [1.54, 1.807) is 11.5 Å². The number of nitrogens with one attached hydrogen (secondary N) is 1. The first-order valence-electron chi connectivity index (χ1n) is 5.39. The quantitative estimate of drug-likeness (QED) is 0.832. The van der Waals surface area contributed by atoms with E-state index in [2.05, 4.69) is 34.8 Å². The maximum absolute atomic E-state index is 4.44. The molecule has 0 bridgehead atoms. The number of hydrogen-bond donors (Lipinski definition) is 1. The molecule has 1 aliphatic carbocycles. The van der Waals surface area contributed by atoms with Gasteiger partial charge >= 0.3 is 0 Å². The number of hydrogen-bond acceptors (Lipinski definition) is 3. The zero-order valence-electron chi connectivity index (χ0n) is 8.79.